The van der Waals surface area contributed by atoms with Crippen molar-refractivity contribution >= 4 is 28.4 Å². The minimum Gasteiger partial charge on any atom is -0.493 e. The van der Waals surface area contributed by atoms with Crippen LogP contribution in [0.5, 0.6) is 5.88 Å². The highest BCUT2D eigenvalue weighted by Gasteiger charge is 2.28. The number of nitrogens with zero attached hydrogens (tertiary/aromatic N) is 8. The topological polar surface area (TPSA) is 130 Å². The minimum absolute atomic E-state index is 0.000217. The molecule has 11 nitrogen and oxygen atoms in total. The Hall–Kier alpha value is -3.73. The third-order valence-corrected chi connectivity index (χ3v) is 6.06. The van der Waals surface area contributed by atoms with E-state index in [9.17, 15) is 10.2 Å². The van der Waals surface area contributed by atoms with Crippen LogP contribution in [0.4, 0.5) is 17.5 Å². The first-order valence-electron chi connectivity index (χ1n) is 10.9. The number of aliphatic hydroxyl groups is 1. The van der Waals surface area contributed by atoms with Crippen LogP contribution in [0.1, 0.15) is 26.7 Å². The standard InChI is InChI=1S/C22H27N9O2/c1-22(2,6-10-32)31-16-11-18(24-12-14(16)20(28-31)30-8-4-9-30)26-17-5-7-23-19(27-17)15-13-25-29(3)21(15)33/h5,7,11-13,32-33H,4,6,8-10H2,1-3H3,(H,23,24,26,27). The third-order valence-electron chi connectivity index (χ3n) is 6.06. The monoisotopic (exact) mass is 449 g/mol. The molecule has 1 saturated heterocycles. The third kappa shape index (κ3) is 3.74. The van der Waals surface area contributed by atoms with Gasteiger partial charge in [0.2, 0.25) is 5.88 Å². The van der Waals surface area contributed by atoms with E-state index in [0.717, 1.165) is 36.2 Å². The van der Waals surface area contributed by atoms with Gasteiger partial charge in [-0.05, 0) is 32.8 Å². The molecule has 1 fully saturated rings. The second kappa shape index (κ2) is 8.00. The molecule has 4 aromatic rings. The maximum absolute atomic E-state index is 10.2. The van der Waals surface area contributed by atoms with Crippen molar-refractivity contribution in [1.29, 1.82) is 0 Å². The van der Waals surface area contributed by atoms with E-state index < -0.39 is 0 Å². The van der Waals surface area contributed by atoms with Crippen molar-refractivity contribution in [2.45, 2.75) is 32.2 Å². The van der Waals surface area contributed by atoms with Crippen molar-refractivity contribution < 1.29 is 10.2 Å². The molecular weight excluding hydrogens is 422 g/mol. The molecule has 0 unspecified atom stereocenters. The van der Waals surface area contributed by atoms with Crippen molar-refractivity contribution in [3.05, 3.63) is 30.7 Å². The summed E-state index contributed by atoms with van der Waals surface area (Å²) in [5, 5.41) is 32.9. The van der Waals surface area contributed by atoms with Crippen LogP contribution in [0.3, 0.4) is 0 Å². The molecule has 0 saturated carbocycles. The Balaban J connectivity index is 1.52. The molecule has 11 heteroatoms. The van der Waals surface area contributed by atoms with Crippen LogP contribution in [0.2, 0.25) is 0 Å². The number of aromatic nitrogens is 7. The second-order valence-electron chi connectivity index (χ2n) is 8.84. The number of anilines is 3. The fourth-order valence-corrected chi connectivity index (χ4v) is 3.94. The Morgan fingerprint density at radius 3 is 2.64 bits per heavy atom. The molecule has 0 amide bonds. The van der Waals surface area contributed by atoms with Crippen molar-refractivity contribution in [3.8, 4) is 17.3 Å². The fourth-order valence-electron chi connectivity index (χ4n) is 3.94. The highest BCUT2D eigenvalue weighted by molar-refractivity contribution is 5.92. The number of aryl methyl sites for hydroxylation is 1. The van der Waals surface area contributed by atoms with Gasteiger partial charge in [-0.25, -0.2) is 19.6 Å². The first-order chi connectivity index (χ1) is 15.9. The Labute approximate surface area is 190 Å². The summed E-state index contributed by atoms with van der Waals surface area (Å²) in [5.74, 6) is 2.44. The SMILES string of the molecule is Cn1ncc(-c2nccc(Nc3cc4c(cn3)c(N3CCC3)nn4C(C)(C)CCO)n2)c1O. The van der Waals surface area contributed by atoms with Gasteiger partial charge in [0.15, 0.2) is 11.6 Å². The number of fused-ring (bicyclic) bond motifs is 1. The smallest absolute Gasteiger partial charge is 0.220 e. The zero-order valence-corrected chi connectivity index (χ0v) is 18.9. The highest BCUT2D eigenvalue weighted by Crippen LogP contribution is 2.34. The van der Waals surface area contributed by atoms with Gasteiger partial charge in [-0.2, -0.15) is 10.2 Å². The molecule has 0 aliphatic carbocycles. The lowest BCUT2D eigenvalue weighted by Crippen LogP contribution is -2.38. The largest absolute Gasteiger partial charge is 0.493 e. The Morgan fingerprint density at radius 2 is 1.97 bits per heavy atom. The number of hydrogen-bond donors (Lipinski definition) is 3. The van der Waals surface area contributed by atoms with Gasteiger partial charge in [-0.1, -0.05) is 0 Å². The number of pyridine rings is 1. The van der Waals surface area contributed by atoms with E-state index in [2.05, 4.69) is 44.1 Å². The van der Waals surface area contributed by atoms with Crippen LogP contribution < -0.4 is 10.2 Å². The molecule has 172 valence electrons. The summed E-state index contributed by atoms with van der Waals surface area (Å²) in [4.78, 5) is 15.6. The van der Waals surface area contributed by atoms with Crippen LogP contribution >= 0.6 is 0 Å². The van der Waals surface area contributed by atoms with Crippen LogP contribution in [-0.4, -0.2) is 64.4 Å². The van der Waals surface area contributed by atoms with E-state index in [-0.39, 0.29) is 18.0 Å². The van der Waals surface area contributed by atoms with E-state index in [1.807, 2.05) is 16.9 Å². The Bertz CT molecular complexity index is 1310. The molecule has 0 aromatic carbocycles. The molecule has 5 rings (SSSR count). The van der Waals surface area contributed by atoms with E-state index in [1.54, 1.807) is 19.3 Å². The quantitative estimate of drug-likeness (QED) is 0.389. The van der Waals surface area contributed by atoms with Crippen LogP contribution in [0, 0.1) is 0 Å². The van der Waals surface area contributed by atoms with Gasteiger partial charge in [-0.3, -0.25) is 4.68 Å². The average Bonchev–Trinajstić information content (AvgIpc) is 3.28. The van der Waals surface area contributed by atoms with Gasteiger partial charge in [0, 0.05) is 45.2 Å². The Morgan fingerprint density at radius 1 is 1.15 bits per heavy atom. The molecular formula is C22H27N9O2. The molecule has 0 bridgehead atoms. The van der Waals surface area contributed by atoms with Gasteiger partial charge in [0.05, 0.1) is 22.6 Å². The lowest BCUT2D eigenvalue weighted by Gasteiger charge is -2.31. The summed E-state index contributed by atoms with van der Waals surface area (Å²) in [5.41, 5.74) is 1.02. The number of aliphatic hydroxyl groups excluding tert-OH is 1. The van der Waals surface area contributed by atoms with Gasteiger partial charge in [0.1, 0.15) is 17.2 Å². The summed E-state index contributed by atoms with van der Waals surface area (Å²) >= 11 is 0. The van der Waals surface area contributed by atoms with Crippen LogP contribution in [0.15, 0.2) is 30.7 Å². The summed E-state index contributed by atoms with van der Waals surface area (Å²) in [6, 6.07) is 3.69. The van der Waals surface area contributed by atoms with Crippen molar-refractivity contribution in [3.63, 3.8) is 0 Å². The zero-order chi connectivity index (χ0) is 23.2. The number of hydrogen-bond acceptors (Lipinski definition) is 9. The molecule has 33 heavy (non-hydrogen) atoms. The van der Waals surface area contributed by atoms with E-state index in [0.29, 0.717) is 29.4 Å². The number of aromatic hydroxyl groups is 1. The van der Waals surface area contributed by atoms with Gasteiger partial charge in [0.25, 0.3) is 0 Å². The summed E-state index contributed by atoms with van der Waals surface area (Å²) in [6.45, 7) is 6.18. The summed E-state index contributed by atoms with van der Waals surface area (Å²) in [7, 11) is 1.65. The van der Waals surface area contributed by atoms with Crippen molar-refractivity contribution in [2.75, 3.05) is 29.9 Å². The number of rotatable bonds is 7. The molecule has 4 aromatic heterocycles. The van der Waals surface area contributed by atoms with Gasteiger partial charge >= 0.3 is 0 Å². The molecule has 1 aliphatic heterocycles. The van der Waals surface area contributed by atoms with Crippen LogP contribution in [0.25, 0.3) is 22.3 Å². The maximum atomic E-state index is 10.2. The first kappa shape index (κ1) is 21.1. The van der Waals surface area contributed by atoms with E-state index >= 15 is 0 Å². The second-order valence-corrected chi connectivity index (χ2v) is 8.84. The molecule has 3 N–H and O–H groups in total. The fraction of sp³-hybridized carbons (Fsp3) is 0.409. The predicted molar refractivity (Wildman–Crippen MR) is 125 cm³/mol. The summed E-state index contributed by atoms with van der Waals surface area (Å²) in [6.07, 6.45) is 6.71. The number of nitrogens with one attached hydrogen (secondary N) is 1. The van der Waals surface area contributed by atoms with Crippen molar-refractivity contribution in [1.82, 2.24) is 34.5 Å². The van der Waals surface area contributed by atoms with Crippen molar-refractivity contribution in [2.24, 2.45) is 7.05 Å². The predicted octanol–water partition coefficient (Wildman–Crippen LogP) is 2.40. The lowest BCUT2D eigenvalue weighted by atomic mass is 10.0. The molecule has 5 heterocycles. The summed E-state index contributed by atoms with van der Waals surface area (Å²) < 4.78 is 3.34. The minimum atomic E-state index is -0.366. The molecule has 0 atom stereocenters. The van der Waals surface area contributed by atoms with Gasteiger partial charge in [-0.15, -0.1) is 0 Å². The lowest BCUT2D eigenvalue weighted by molar-refractivity contribution is 0.205. The highest BCUT2D eigenvalue weighted by atomic mass is 16.3. The van der Waals surface area contributed by atoms with E-state index in [1.165, 1.54) is 10.9 Å². The van der Waals surface area contributed by atoms with Crippen LogP contribution in [-0.2, 0) is 12.6 Å². The van der Waals surface area contributed by atoms with Gasteiger partial charge < -0.3 is 20.4 Å². The molecule has 0 spiro atoms. The first-order valence-corrected chi connectivity index (χ1v) is 10.9. The maximum Gasteiger partial charge on any atom is 0.220 e. The molecule has 0 radical (unpaired) electrons. The molecule has 1 aliphatic rings. The van der Waals surface area contributed by atoms with E-state index in [4.69, 9.17) is 5.10 Å². The average molecular weight is 450 g/mol. The zero-order valence-electron chi connectivity index (χ0n) is 18.9. The Kier molecular flexibility index (Phi) is 5.12. The normalized spacial score (nSPS) is 14.0.